The first-order valence-electron chi connectivity index (χ1n) is 5.33. The Hall–Kier alpha value is -2.63. The third-order valence-corrected chi connectivity index (χ3v) is 2.48. The Morgan fingerprint density at radius 3 is 2.61 bits per heavy atom. The van der Waals surface area contributed by atoms with Crippen LogP contribution in [0.15, 0.2) is 42.7 Å². The summed E-state index contributed by atoms with van der Waals surface area (Å²) in [6.45, 7) is 0.588. The first kappa shape index (κ1) is 11.8. The predicted octanol–water partition coefficient (Wildman–Crippen LogP) is 2.18. The molecule has 18 heavy (non-hydrogen) atoms. The molecule has 0 unspecified atom stereocenters. The number of nitrogens with one attached hydrogen (secondary N) is 1. The number of rotatable bonds is 4. The lowest BCUT2D eigenvalue weighted by atomic mass is 10.2. The molecule has 92 valence electrons. The minimum absolute atomic E-state index is 0.0121. The summed E-state index contributed by atoms with van der Waals surface area (Å²) in [5.41, 5.74) is 7.83. The van der Waals surface area contributed by atoms with Crippen LogP contribution < -0.4 is 11.1 Å². The summed E-state index contributed by atoms with van der Waals surface area (Å²) < 4.78 is 0. The highest BCUT2D eigenvalue weighted by atomic mass is 16.6. The van der Waals surface area contributed by atoms with Crippen molar-refractivity contribution < 1.29 is 4.92 Å². The summed E-state index contributed by atoms with van der Waals surface area (Å²) in [7, 11) is 0. The van der Waals surface area contributed by atoms with Crippen LogP contribution in [0.2, 0.25) is 0 Å². The van der Waals surface area contributed by atoms with Crippen LogP contribution in [-0.2, 0) is 6.54 Å². The summed E-state index contributed by atoms with van der Waals surface area (Å²) in [5.74, 6) is 0. The zero-order valence-electron chi connectivity index (χ0n) is 9.54. The van der Waals surface area contributed by atoms with Gasteiger partial charge in [0.15, 0.2) is 0 Å². The molecule has 1 aromatic heterocycles. The molecule has 1 aromatic carbocycles. The number of nitrogen functional groups attached to an aromatic ring is 1. The summed E-state index contributed by atoms with van der Waals surface area (Å²) in [6.07, 6.45) is 3.41. The number of non-ortho nitro benzene ring substituents is 1. The molecule has 0 atom stereocenters. The Bertz CT molecular complexity index is 557. The maximum Gasteiger partial charge on any atom is 0.271 e. The molecule has 0 fully saturated rings. The van der Waals surface area contributed by atoms with Gasteiger partial charge < -0.3 is 11.1 Å². The summed E-state index contributed by atoms with van der Waals surface area (Å²) in [5, 5.41) is 13.7. The van der Waals surface area contributed by atoms with Crippen molar-refractivity contribution in [1.29, 1.82) is 0 Å². The van der Waals surface area contributed by atoms with Crippen molar-refractivity contribution in [3.05, 3.63) is 58.4 Å². The van der Waals surface area contributed by atoms with E-state index in [1.165, 1.54) is 12.1 Å². The molecule has 1 heterocycles. The van der Waals surface area contributed by atoms with Crippen LogP contribution in [0.1, 0.15) is 5.56 Å². The van der Waals surface area contributed by atoms with Gasteiger partial charge in [-0.15, -0.1) is 0 Å². The number of nitrogens with two attached hydrogens (primary N) is 1. The van der Waals surface area contributed by atoms with Crippen LogP contribution in [0.4, 0.5) is 17.1 Å². The van der Waals surface area contributed by atoms with E-state index in [2.05, 4.69) is 10.3 Å². The third kappa shape index (κ3) is 2.73. The maximum atomic E-state index is 10.6. The molecular formula is C12H12N4O2. The van der Waals surface area contributed by atoms with Crippen molar-refractivity contribution in [2.75, 3.05) is 11.1 Å². The summed E-state index contributed by atoms with van der Waals surface area (Å²) in [4.78, 5) is 14.0. The quantitative estimate of drug-likeness (QED) is 0.488. The molecule has 6 heteroatoms. The molecule has 3 N–H and O–H groups in total. The molecule has 0 amide bonds. The van der Waals surface area contributed by atoms with Crippen LogP contribution in [0, 0.1) is 10.1 Å². The molecule has 0 bridgehead atoms. The molecule has 0 aliphatic rings. The molecule has 2 aromatic rings. The van der Waals surface area contributed by atoms with Gasteiger partial charge in [0.25, 0.3) is 5.69 Å². The van der Waals surface area contributed by atoms with E-state index in [4.69, 9.17) is 5.73 Å². The minimum atomic E-state index is -0.469. The normalized spacial score (nSPS) is 10.0. The van der Waals surface area contributed by atoms with Crippen molar-refractivity contribution in [2.45, 2.75) is 6.54 Å². The van der Waals surface area contributed by atoms with Crippen molar-refractivity contribution in [3.8, 4) is 0 Å². The Balaban J connectivity index is 2.08. The van der Waals surface area contributed by atoms with Gasteiger partial charge in [0, 0.05) is 31.1 Å². The van der Waals surface area contributed by atoms with E-state index in [0.29, 0.717) is 17.9 Å². The second-order valence-electron chi connectivity index (χ2n) is 3.74. The average Bonchev–Trinajstić information content (AvgIpc) is 2.38. The van der Waals surface area contributed by atoms with Gasteiger partial charge in [-0.25, -0.2) is 0 Å². The Kier molecular flexibility index (Phi) is 3.38. The van der Waals surface area contributed by atoms with Crippen LogP contribution >= 0.6 is 0 Å². The summed E-state index contributed by atoms with van der Waals surface area (Å²) >= 11 is 0. The van der Waals surface area contributed by atoms with Crippen molar-refractivity contribution in [1.82, 2.24) is 4.98 Å². The maximum absolute atomic E-state index is 10.6. The third-order valence-electron chi connectivity index (χ3n) is 2.48. The molecule has 0 spiro atoms. The highest BCUT2D eigenvalue weighted by molar-refractivity contribution is 5.69. The summed E-state index contributed by atoms with van der Waals surface area (Å²) in [6, 6.07) is 8.14. The van der Waals surface area contributed by atoms with Gasteiger partial charge in [-0.2, -0.15) is 0 Å². The lowest BCUT2D eigenvalue weighted by Crippen LogP contribution is -2.03. The second-order valence-corrected chi connectivity index (χ2v) is 3.74. The lowest BCUT2D eigenvalue weighted by Gasteiger charge is -2.08. The highest BCUT2D eigenvalue weighted by Gasteiger charge is 2.08. The minimum Gasteiger partial charge on any atom is -0.397 e. The van der Waals surface area contributed by atoms with Gasteiger partial charge in [-0.1, -0.05) is 0 Å². The number of pyridine rings is 1. The Morgan fingerprint density at radius 2 is 2.00 bits per heavy atom. The van der Waals surface area contributed by atoms with E-state index >= 15 is 0 Å². The molecule has 0 aliphatic carbocycles. The van der Waals surface area contributed by atoms with Gasteiger partial charge in [0.1, 0.15) is 0 Å². The van der Waals surface area contributed by atoms with E-state index in [1.807, 2.05) is 12.1 Å². The Labute approximate surface area is 104 Å². The number of nitro benzene ring substituents is 1. The molecule has 0 aliphatic heterocycles. The number of hydrogen-bond donors (Lipinski definition) is 2. The molecule has 2 rings (SSSR count). The van der Waals surface area contributed by atoms with E-state index in [9.17, 15) is 10.1 Å². The van der Waals surface area contributed by atoms with E-state index in [-0.39, 0.29) is 5.69 Å². The second kappa shape index (κ2) is 5.13. The first-order chi connectivity index (χ1) is 8.66. The zero-order chi connectivity index (χ0) is 13.0. The fraction of sp³-hybridized carbons (Fsp3) is 0.0833. The standard InChI is InChI=1S/C12H12N4O2/c13-11-7-10(16(17)18)1-2-12(11)15-8-9-3-5-14-6-4-9/h1-7,15H,8,13H2. The Morgan fingerprint density at radius 1 is 1.28 bits per heavy atom. The largest absolute Gasteiger partial charge is 0.397 e. The van der Waals surface area contributed by atoms with Crippen LogP contribution in [0.5, 0.6) is 0 Å². The highest BCUT2D eigenvalue weighted by Crippen LogP contribution is 2.24. The number of nitro groups is 1. The van der Waals surface area contributed by atoms with E-state index < -0.39 is 4.92 Å². The topological polar surface area (TPSA) is 94.1 Å². The van der Waals surface area contributed by atoms with Gasteiger partial charge in [0.05, 0.1) is 16.3 Å². The van der Waals surface area contributed by atoms with Crippen molar-refractivity contribution >= 4 is 17.1 Å². The van der Waals surface area contributed by atoms with Crippen LogP contribution in [0.25, 0.3) is 0 Å². The number of nitrogens with zero attached hydrogens (tertiary/aromatic N) is 2. The fourth-order valence-corrected chi connectivity index (χ4v) is 1.52. The molecule has 6 nitrogen and oxygen atoms in total. The first-order valence-corrected chi connectivity index (χ1v) is 5.33. The van der Waals surface area contributed by atoms with Crippen LogP contribution in [0.3, 0.4) is 0 Å². The zero-order valence-corrected chi connectivity index (χ0v) is 9.54. The van der Waals surface area contributed by atoms with Crippen molar-refractivity contribution in [3.63, 3.8) is 0 Å². The van der Waals surface area contributed by atoms with Gasteiger partial charge in [-0.3, -0.25) is 15.1 Å². The van der Waals surface area contributed by atoms with Crippen LogP contribution in [-0.4, -0.2) is 9.91 Å². The van der Waals surface area contributed by atoms with Crippen molar-refractivity contribution in [2.24, 2.45) is 0 Å². The predicted molar refractivity (Wildman–Crippen MR) is 69.1 cm³/mol. The van der Waals surface area contributed by atoms with Gasteiger partial charge in [0.2, 0.25) is 0 Å². The number of anilines is 2. The molecule has 0 saturated heterocycles. The fourth-order valence-electron chi connectivity index (χ4n) is 1.52. The van der Waals surface area contributed by atoms with Gasteiger partial charge >= 0.3 is 0 Å². The average molecular weight is 244 g/mol. The number of aromatic nitrogens is 1. The monoisotopic (exact) mass is 244 g/mol. The number of benzene rings is 1. The molecule has 0 saturated carbocycles. The number of hydrogen-bond acceptors (Lipinski definition) is 5. The van der Waals surface area contributed by atoms with E-state index in [0.717, 1.165) is 5.56 Å². The molecular weight excluding hydrogens is 232 g/mol. The van der Waals surface area contributed by atoms with Gasteiger partial charge in [-0.05, 0) is 23.8 Å². The SMILES string of the molecule is Nc1cc([N+](=O)[O-])ccc1NCc1ccncc1. The smallest absolute Gasteiger partial charge is 0.271 e. The molecule has 0 radical (unpaired) electrons. The lowest BCUT2D eigenvalue weighted by molar-refractivity contribution is -0.384. The van der Waals surface area contributed by atoms with E-state index in [1.54, 1.807) is 18.5 Å².